The van der Waals surface area contributed by atoms with E-state index in [-0.39, 0.29) is 0 Å². The molecule has 2 aromatic rings. The van der Waals surface area contributed by atoms with Gasteiger partial charge < -0.3 is 5.11 Å². The van der Waals surface area contributed by atoms with E-state index in [0.717, 1.165) is 29.3 Å². The summed E-state index contributed by atoms with van der Waals surface area (Å²) < 4.78 is 0. The van der Waals surface area contributed by atoms with Gasteiger partial charge in [0.2, 0.25) is 0 Å². The summed E-state index contributed by atoms with van der Waals surface area (Å²) in [6.45, 7) is 4.08. The molecule has 0 fully saturated rings. The molecule has 18 heavy (non-hydrogen) atoms. The van der Waals surface area contributed by atoms with Gasteiger partial charge in [0.15, 0.2) is 0 Å². The van der Waals surface area contributed by atoms with E-state index in [4.69, 9.17) is 0 Å². The second kappa shape index (κ2) is 5.49. The molecule has 0 radical (unpaired) electrons. The van der Waals surface area contributed by atoms with Crippen LogP contribution >= 0.6 is 0 Å². The third-order valence-corrected chi connectivity index (χ3v) is 3.49. The highest BCUT2D eigenvalue weighted by Crippen LogP contribution is 2.31. The van der Waals surface area contributed by atoms with Crippen molar-refractivity contribution in [1.29, 1.82) is 0 Å². The van der Waals surface area contributed by atoms with Gasteiger partial charge in [-0.2, -0.15) is 0 Å². The SMILES string of the molecule is CCCCCC(C)(O)c1cccc2ncccc12. The van der Waals surface area contributed by atoms with Gasteiger partial charge in [-0.05, 0) is 31.0 Å². The predicted octanol–water partition coefficient (Wildman–Crippen LogP) is 4.02. The van der Waals surface area contributed by atoms with Crippen LogP contribution in [0.1, 0.15) is 45.1 Å². The van der Waals surface area contributed by atoms with Crippen molar-refractivity contribution in [2.24, 2.45) is 0 Å². The van der Waals surface area contributed by atoms with Gasteiger partial charge in [0.1, 0.15) is 0 Å². The molecule has 0 aliphatic carbocycles. The summed E-state index contributed by atoms with van der Waals surface area (Å²) >= 11 is 0. The molecule has 0 aliphatic rings. The molecule has 2 rings (SSSR count). The van der Waals surface area contributed by atoms with Gasteiger partial charge in [0.25, 0.3) is 0 Å². The Balaban J connectivity index is 2.34. The monoisotopic (exact) mass is 243 g/mol. The lowest BCUT2D eigenvalue weighted by molar-refractivity contribution is 0.0465. The molecule has 0 amide bonds. The minimum atomic E-state index is -0.766. The number of nitrogens with zero attached hydrogens (tertiary/aromatic N) is 1. The zero-order chi connectivity index (χ0) is 13.0. The molecule has 1 unspecified atom stereocenters. The lowest BCUT2D eigenvalue weighted by Gasteiger charge is -2.25. The fraction of sp³-hybridized carbons (Fsp3) is 0.438. The summed E-state index contributed by atoms with van der Waals surface area (Å²) in [7, 11) is 0. The van der Waals surface area contributed by atoms with Gasteiger partial charge in [-0.3, -0.25) is 4.98 Å². The van der Waals surface area contributed by atoms with E-state index in [0.29, 0.717) is 0 Å². The van der Waals surface area contributed by atoms with Crippen LogP contribution in [0.3, 0.4) is 0 Å². The lowest BCUT2D eigenvalue weighted by Crippen LogP contribution is -2.21. The van der Waals surface area contributed by atoms with Crippen molar-refractivity contribution in [3.63, 3.8) is 0 Å². The van der Waals surface area contributed by atoms with Crippen LogP contribution in [0.25, 0.3) is 10.9 Å². The van der Waals surface area contributed by atoms with E-state index in [1.165, 1.54) is 12.8 Å². The number of aliphatic hydroxyl groups is 1. The van der Waals surface area contributed by atoms with Gasteiger partial charge in [0, 0.05) is 11.6 Å². The molecular formula is C16H21NO. The highest BCUT2D eigenvalue weighted by atomic mass is 16.3. The summed E-state index contributed by atoms with van der Waals surface area (Å²) in [5, 5.41) is 11.7. The largest absolute Gasteiger partial charge is 0.385 e. The fourth-order valence-corrected chi connectivity index (χ4v) is 2.43. The van der Waals surface area contributed by atoms with E-state index in [1.807, 2.05) is 37.3 Å². The van der Waals surface area contributed by atoms with Crippen LogP contribution in [0.15, 0.2) is 36.5 Å². The summed E-state index contributed by atoms with van der Waals surface area (Å²) in [6, 6.07) is 9.93. The maximum Gasteiger partial charge on any atom is 0.0875 e. The van der Waals surface area contributed by atoms with E-state index < -0.39 is 5.60 Å². The molecule has 1 aromatic carbocycles. The molecule has 0 spiro atoms. The Bertz CT molecular complexity index is 514. The second-order valence-corrected chi connectivity index (χ2v) is 5.11. The van der Waals surface area contributed by atoms with Gasteiger partial charge in [0.05, 0.1) is 11.1 Å². The number of unbranched alkanes of at least 4 members (excludes halogenated alkanes) is 2. The minimum Gasteiger partial charge on any atom is -0.385 e. The number of fused-ring (bicyclic) bond motifs is 1. The molecule has 1 N–H and O–H groups in total. The van der Waals surface area contributed by atoms with Crippen molar-refractivity contribution in [3.8, 4) is 0 Å². The first-order valence-electron chi connectivity index (χ1n) is 6.72. The molecule has 0 aliphatic heterocycles. The number of rotatable bonds is 5. The third-order valence-electron chi connectivity index (χ3n) is 3.49. The molecule has 1 heterocycles. The van der Waals surface area contributed by atoms with Crippen LogP contribution in [-0.4, -0.2) is 10.1 Å². The Morgan fingerprint density at radius 2 is 2.00 bits per heavy atom. The van der Waals surface area contributed by atoms with E-state index in [1.54, 1.807) is 6.20 Å². The summed E-state index contributed by atoms with van der Waals surface area (Å²) in [6.07, 6.45) is 5.99. The fourth-order valence-electron chi connectivity index (χ4n) is 2.43. The molecule has 0 saturated carbocycles. The molecular weight excluding hydrogens is 222 g/mol. The van der Waals surface area contributed by atoms with Gasteiger partial charge in [-0.15, -0.1) is 0 Å². The first-order valence-corrected chi connectivity index (χ1v) is 6.72. The lowest BCUT2D eigenvalue weighted by atomic mass is 9.87. The summed E-state index contributed by atoms with van der Waals surface area (Å²) in [4.78, 5) is 4.34. The first kappa shape index (κ1) is 13.0. The number of pyridine rings is 1. The van der Waals surface area contributed by atoms with Crippen LogP contribution in [0, 0.1) is 0 Å². The highest BCUT2D eigenvalue weighted by Gasteiger charge is 2.24. The van der Waals surface area contributed by atoms with E-state index in [2.05, 4.69) is 11.9 Å². The first-order chi connectivity index (χ1) is 8.65. The minimum absolute atomic E-state index is 0.766. The van der Waals surface area contributed by atoms with Crippen LogP contribution in [0.4, 0.5) is 0 Å². The topological polar surface area (TPSA) is 33.1 Å². The highest BCUT2D eigenvalue weighted by molar-refractivity contribution is 5.82. The Hall–Kier alpha value is -1.41. The Morgan fingerprint density at radius 3 is 2.78 bits per heavy atom. The average molecular weight is 243 g/mol. The van der Waals surface area contributed by atoms with Crippen molar-refractivity contribution >= 4 is 10.9 Å². The van der Waals surface area contributed by atoms with Crippen molar-refractivity contribution in [2.45, 2.75) is 45.1 Å². The maximum absolute atomic E-state index is 10.7. The number of hydrogen-bond acceptors (Lipinski definition) is 2. The van der Waals surface area contributed by atoms with Crippen molar-refractivity contribution in [1.82, 2.24) is 4.98 Å². The zero-order valence-corrected chi connectivity index (χ0v) is 11.2. The Kier molecular flexibility index (Phi) is 3.97. The standard InChI is InChI=1S/C16H21NO/c1-3-4-5-11-16(2,18)14-9-6-10-15-13(14)8-7-12-17-15/h6-10,12,18H,3-5,11H2,1-2H3. The second-order valence-electron chi connectivity index (χ2n) is 5.11. The van der Waals surface area contributed by atoms with Crippen molar-refractivity contribution in [2.75, 3.05) is 0 Å². The van der Waals surface area contributed by atoms with Crippen LogP contribution in [-0.2, 0) is 5.60 Å². The number of aromatic nitrogens is 1. The number of benzene rings is 1. The van der Waals surface area contributed by atoms with Crippen molar-refractivity contribution < 1.29 is 5.11 Å². The predicted molar refractivity (Wildman–Crippen MR) is 75.5 cm³/mol. The van der Waals surface area contributed by atoms with Crippen molar-refractivity contribution in [3.05, 3.63) is 42.1 Å². The molecule has 1 atom stereocenters. The van der Waals surface area contributed by atoms with Gasteiger partial charge in [-0.1, -0.05) is 44.4 Å². The quantitative estimate of drug-likeness (QED) is 0.804. The third kappa shape index (κ3) is 2.70. The molecule has 96 valence electrons. The van der Waals surface area contributed by atoms with Crippen LogP contribution in [0.5, 0.6) is 0 Å². The maximum atomic E-state index is 10.7. The molecule has 0 bridgehead atoms. The van der Waals surface area contributed by atoms with Crippen LogP contribution in [0.2, 0.25) is 0 Å². The number of hydrogen-bond donors (Lipinski definition) is 1. The van der Waals surface area contributed by atoms with Gasteiger partial charge in [-0.25, -0.2) is 0 Å². The van der Waals surface area contributed by atoms with Gasteiger partial charge >= 0.3 is 0 Å². The van der Waals surface area contributed by atoms with E-state index >= 15 is 0 Å². The molecule has 2 heteroatoms. The molecule has 0 saturated heterocycles. The average Bonchev–Trinajstić information content (AvgIpc) is 2.38. The Morgan fingerprint density at radius 1 is 1.17 bits per heavy atom. The van der Waals surface area contributed by atoms with E-state index in [9.17, 15) is 5.11 Å². The molecule has 2 nitrogen and oxygen atoms in total. The molecule has 1 aromatic heterocycles. The summed E-state index contributed by atoms with van der Waals surface area (Å²) in [5.74, 6) is 0. The summed E-state index contributed by atoms with van der Waals surface area (Å²) in [5.41, 5.74) is 1.17. The smallest absolute Gasteiger partial charge is 0.0875 e. The Labute approximate surface area is 109 Å². The normalized spacial score (nSPS) is 14.6. The van der Waals surface area contributed by atoms with Crippen LogP contribution < -0.4 is 0 Å². The zero-order valence-electron chi connectivity index (χ0n) is 11.2.